The van der Waals surface area contributed by atoms with Crippen LogP contribution >= 0.6 is 22.9 Å². The molecule has 23 heteroatoms. The average molecular weight is 869 g/mol. The quantitative estimate of drug-likeness (QED) is 0.0749. The Bertz CT molecular complexity index is 3150. The highest BCUT2D eigenvalue weighted by Gasteiger charge is 2.36. The van der Waals surface area contributed by atoms with Gasteiger partial charge in [-0.3, -0.25) is 28.9 Å². The Kier molecular flexibility index (Phi) is 10.2. The number of rotatable bonds is 9. The summed E-state index contributed by atoms with van der Waals surface area (Å²) in [5, 5.41) is 7.11. The van der Waals surface area contributed by atoms with Gasteiger partial charge in [0, 0.05) is 11.3 Å². The van der Waals surface area contributed by atoms with Crippen molar-refractivity contribution in [3.8, 4) is 10.6 Å². The van der Waals surface area contributed by atoms with Gasteiger partial charge in [-0.1, -0.05) is 23.8 Å². The number of aromatic nitrogens is 4. The standard InChI is InChI=1S/C34H25ClN8O10S4/c1-16-3-8-21(9-4-16)42-43-27-25(56(48,49)50)14-19-13-22(55(45,46)47)15-24(26(19)28(27)44)38-34-40-32(35)39-33(41-34)36-20-10-6-18(7-11-20)31-37-23-12-5-17(2)30(29(23)54-31)57(51,52)53/h3-15,42H,1-2H3,(H,45,46,47)(H,48,49,50)(H,51,52,53)(H2,36,38,39,40,41)/b43-27-. The highest BCUT2D eigenvalue weighted by atomic mass is 35.5. The maximum Gasteiger partial charge on any atom is 0.296 e. The van der Waals surface area contributed by atoms with E-state index in [0.717, 1.165) is 35.1 Å². The number of hydrogen-bond acceptors (Lipinski definition) is 15. The summed E-state index contributed by atoms with van der Waals surface area (Å²) in [5.41, 5.74) is 3.47. The maximum absolute atomic E-state index is 14.0. The van der Waals surface area contributed by atoms with Crippen LogP contribution < -0.4 is 16.4 Å². The number of nitrogens with one attached hydrogen (secondary N) is 3. The van der Waals surface area contributed by atoms with Crippen molar-refractivity contribution in [2.45, 2.75) is 23.6 Å². The first-order valence-electron chi connectivity index (χ1n) is 16.0. The van der Waals surface area contributed by atoms with Gasteiger partial charge >= 0.3 is 0 Å². The third kappa shape index (κ3) is 8.38. The van der Waals surface area contributed by atoms with Crippen LogP contribution in [0.5, 0.6) is 0 Å². The lowest BCUT2D eigenvalue weighted by Crippen LogP contribution is -2.28. The number of fused-ring (bicyclic) bond motifs is 2. The number of nitrogens with zero attached hydrogens (tertiary/aromatic N) is 5. The van der Waals surface area contributed by atoms with Crippen molar-refractivity contribution in [2.75, 3.05) is 10.7 Å². The van der Waals surface area contributed by atoms with E-state index in [2.05, 4.69) is 40.8 Å². The van der Waals surface area contributed by atoms with Crippen LogP contribution in [0, 0.1) is 13.8 Å². The van der Waals surface area contributed by atoms with Gasteiger partial charge in [0.2, 0.25) is 22.6 Å². The number of ketones is 1. The SMILES string of the molecule is Cc1ccc(N/N=C2\C(=O)c3c(cc(S(=O)(=O)O)cc3N=c3nc(Nc4ccc(-c5nc6ccc(C)c(S(=O)(=O)O)c6s5)cc4)nc(Cl)[nH]3)C=C2S(=O)(=O)O)cc1. The molecule has 18 nitrogen and oxygen atoms in total. The van der Waals surface area contributed by atoms with E-state index in [1.807, 2.05) is 6.92 Å². The molecule has 57 heavy (non-hydrogen) atoms. The number of carbonyl (C=O) groups is 1. The molecular formula is C34H25ClN8O10S4. The Hall–Kier alpha value is -5.72. The Balaban J connectivity index is 1.26. The fraction of sp³-hybridized carbons (Fsp3) is 0.0588. The number of halogens is 1. The summed E-state index contributed by atoms with van der Waals surface area (Å²) in [5.74, 6) is -1.21. The Morgan fingerprint density at radius 3 is 2.14 bits per heavy atom. The third-order valence-corrected chi connectivity index (χ3v) is 12.4. The molecule has 7 rings (SSSR count). The van der Waals surface area contributed by atoms with Crippen molar-refractivity contribution in [1.82, 2.24) is 19.9 Å². The van der Waals surface area contributed by atoms with Crippen molar-refractivity contribution in [1.29, 1.82) is 0 Å². The molecular weight excluding hydrogens is 844 g/mol. The third-order valence-electron chi connectivity index (χ3n) is 8.22. The van der Waals surface area contributed by atoms with Gasteiger partial charge in [0.15, 0.2) is 5.71 Å². The summed E-state index contributed by atoms with van der Waals surface area (Å²) in [4.78, 5) is 31.8. The molecule has 0 amide bonds. The van der Waals surface area contributed by atoms with Gasteiger partial charge < -0.3 is 5.32 Å². The van der Waals surface area contributed by atoms with Gasteiger partial charge in [-0.25, -0.2) is 9.98 Å². The van der Waals surface area contributed by atoms with Crippen molar-refractivity contribution in [3.63, 3.8) is 0 Å². The summed E-state index contributed by atoms with van der Waals surface area (Å²) in [6, 6.07) is 18.2. The number of hydrazone groups is 1. The largest absolute Gasteiger partial charge is 0.324 e. The van der Waals surface area contributed by atoms with E-state index in [9.17, 15) is 43.7 Å². The van der Waals surface area contributed by atoms with E-state index in [0.29, 0.717) is 37.7 Å². The van der Waals surface area contributed by atoms with E-state index in [-0.39, 0.29) is 32.9 Å². The van der Waals surface area contributed by atoms with Crippen LogP contribution in [-0.2, 0) is 30.4 Å². The Labute approximate surface area is 332 Å². The first-order valence-corrected chi connectivity index (χ1v) is 21.5. The van der Waals surface area contributed by atoms with E-state index < -0.39 is 57.3 Å². The lowest BCUT2D eigenvalue weighted by atomic mass is 9.93. The van der Waals surface area contributed by atoms with Crippen LogP contribution in [0.15, 0.2) is 97.6 Å². The molecule has 4 aromatic carbocycles. The predicted octanol–water partition coefficient (Wildman–Crippen LogP) is 5.71. The lowest BCUT2D eigenvalue weighted by Gasteiger charge is -2.18. The highest BCUT2D eigenvalue weighted by Crippen LogP contribution is 2.37. The van der Waals surface area contributed by atoms with Crippen LogP contribution in [0.25, 0.3) is 26.9 Å². The minimum atomic E-state index is -5.12. The molecule has 0 bridgehead atoms. The molecule has 6 N–H and O–H groups in total. The number of aryl methyl sites for hydroxylation is 2. The van der Waals surface area contributed by atoms with E-state index >= 15 is 0 Å². The fourth-order valence-corrected chi connectivity index (χ4v) is 9.31. The number of thiazole rings is 1. The number of aromatic amines is 1. The zero-order chi connectivity index (χ0) is 41.0. The van der Waals surface area contributed by atoms with Gasteiger partial charge in [-0.05, 0) is 97.2 Å². The van der Waals surface area contributed by atoms with E-state index in [4.69, 9.17) is 11.6 Å². The number of H-pyrrole nitrogens is 1. The number of Topliss-reactive ketones (excluding diaryl/α,β-unsaturated/α-hetero) is 1. The smallest absolute Gasteiger partial charge is 0.296 e. The summed E-state index contributed by atoms with van der Waals surface area (Å²) in [6.07, 6.45) is 0.811. The first kappa shape index (κ1) is 39.5. The number of benzene rings is 4. The fourth-order valence-electron chi connectivity index (χ4n) is 5.64. The zero-order valence-electron chi connectivity index (χ0n) is 29.0. The van der Waals surface area contributed by atoms with Crippen molar-refractivity contribution >= 4 is 104 Å². The molecule has 0 atom stereocenters. The topological polar surface area (TPSA) is 283 Å². The molecule has 0 unspecified atom stereocenters. The number of allylic oxidation sites excluding steroid dienone is 1. The van der Waals surface area contributed by atoms with Crippen molar-refractivity contribution in [2.24, 2.45) is 10.1 Å². The second-order valence-corrected chi connectivity index (χ2v) is 17.8. The summed E-state index contributed by atoms with van der Waals surface area (Å²) < 4.78 is 104. The molecule has 0 fully saturated rings. The normalized spacial score (nSPS) is 14.5. The summed E-state index contributed by atoms with van der Waals surface area (Å²) in [7, 11) is -14.6. The molecule has 0 aliphatic heterocycles. The van der Waals surface area contributed by atoms with Crippen molar-refractivity contribution in [3.05, 3.63) is 111 Å². The number of hydrogen-bond donors (Lipinski definition) is 6. The van der Waals surface area contributed by atoms with Crippen LogP contribution in [0.2, 0.25) is 5.28 Å². The molecule has 2 aromatic heterocycles. The minimum Gasteiger partial charge on any atom is -0.324 e. The van der Waals surface area contributed by atoms with Crippen LogP contribution in [-0.4, -0.2) is 70.3 Å². The van der Waals surface area contributed by atoms with E-state index in [1.165, 1.54) is 0 Å². The van der Waals surface area contributed by atoms with Crippen LogP contribution in [0.3, 0.4) is 0 Å². The molecule has 1 aliphatic carbocycles. The van der Waals surface area contributed by atoms with Gasteiger partial charge in [-0.2, -0.15) is 40.3 Å². The van der Waals surface area contributed by atoms with Crippen LogP contribution in [0.4, 0.5) is 23.0 Å². The predicted molar refractivity (Wildman–Crippen MR) is 212 cm³/mol. The highest BCUT2D eigenvalue weighted by molar-refractivity contribution is 7.91. The van der Waals surface area contributed by atoms with Crippen molar-refractivity contribution < 1.29 is 43.7 Å². The van der Waals surface area contributed by atoms with Gasteiger partial charge in [0.05, 0.1) is 32.1 Å². The molecule has 2 heterocycles. The molecule has 0 saturated heterocycles. The minimum absolute atomic E-state index is 0.122. The van der Waals surface area contributed by atoms with Gasteiger partial charge in [0.1, 0.15) is 14.8 Å². The molecule has 0 spiro atoms. The van der Waals surface area contributed by atoms with Gasteiger partial charge in [-0.15, -0.1) is 11.3 Å². The average Bonchev–Trinajstić information content (AvgIpc) is 3.54. The Morgan fingerprint density at radius 1 is 0.807 bits per heavy atom. The number of anilines is 3. The summed E-state index contributed by atoms with van der Waals surface area (Å²) >= 11 is 7.34. The molecule has 292 valence electrons. The van der Waals surface area contributed by atoms with E-state index in [1.54, 1.807) is 67.6 Å². The number of carbonyl (C=O) groups excluding carboxylic acids is 1. The molecule has 1 aliphatic rings. The first-order chi connectivity index (χ1) is 26.7. The molecule has 6 aromatic rings. The molecule has 0 radical (unpaired) electrons. The molecule has 0 saturated carbocycles. The van der Waals surface area contributed by atoms with Crippen LogP contribution in [0.1, 0.15) is 27.0 Å². The monoisotopic (exact) mass is 868 g/mol. The van der Waals surface area contributed by atoms with Gasteiger partial charge in [0.25, 0.3) is 30.4 Å². The maximum atomic E-state index is 14.0. The zero-order valence-corrected chi connectivity index (χ0v) is 33.0. The Morgan fingerprint density at radius 2 is 1.49 bits per heavy atom. The second kappa shape index (κ2) is 14.7. The second-order valence-electron chi connectivity index (χ2n) is 12.3. The lowest BCUT2D eigenvalue weighted by molar-refractivity contribution is 0.106. The summed E-state index contributed by atoms with van der Waals surface area (Å²) in [6.45, 7) is 3.40.